The van der Waals surface area contributed by atoms with Crippen molar-refractivity contribution in [3.63, 3.8) is 0 Å². The van der Waals surface area contributed by atoms with Crippen LogP contribution in [0.2, 0.25) is 0 Å². The topological polar surface area (TPSA) is 40.5 Å². The summed E-state index contributed by atoms with van der Waals surface area (Å²) in [6.07, 6.45) is 5.13. The van der Waals surface area contributed by atoms with Gasteiger partial charge in [-0.1, -0.05) is 45.4 Å². The van der Waals surface area contributed by atoms with Gasteiger partial charge in [-0.15, -0.1) is 0 Å². The summed E-state index contributed by atoms with van der Waals surface area (Å²) in [5.41, 5.74) is 0.898. The summed E-state index contributed by atoms with van der Waals surface area (Å²) in [5.74, 6) is 0.318. The minimum Gasteiger partial charge on any atom is -0.513 e. The minimum absolute atomic E-state index is 0.135. The number of unbranched alkanes of at least 4 members (excludes halogenated alkanes) is 2. The lowest BCUT2D eigenvalue weighted by Gasteiger charge is -1.93. The van der Waals surface area contributed by atoms with Gasteiger partial charge in [0.25, 0.3) is 0 Å². The number of rotatable bonds is 6. The first-order valence-electron chi connectivity index (χ1n) is 5.22. The predicted octanol–water partition coefficient (Wildman–Crippen LogP) is 3.58. The molecule has 0 fully saturated rings. The van der Waals surface area contributed by atoms with Crippen molar-refractivity contribution in [2.45, 2.75) is 46.0 Å². The first-order chi connectivity index (χ1) is 6.58. The molecule has 2 heteroatoms. The summed E-state index contributed by atoms with van der Waals surface area (Å²) < 4.78 is 0. The van der Waals surface area contributed by atoms with Gasteiger partial charge in [-0.05, 0) is 12.8 Å². The molecule has 84 valence electrons. The zero-order valence-corrected chi connectivity index (χ0v) is 9.55. The predicted molar refractivity (Wildman–Crippen MR) is 62.4 cm³/mol. The molecule has 0 aromatic carbocycles. The Balaban J connectivity index is 0. The molecule has 0 aromatic heterocycles. The molecule has 2 N–H and O–H groups in total. The van der Waals surface area contributed by atoms with E-state index < -0.39 is 0 Å². The van der Waals surface area contributed by atoms with Crippen molar-refractivity contribution in [1.82, 2.24) is 0 Å². The summed E-state index contributed by atoms with van der Waals surface area (Å²) in [6, 6.07) is 0. The molecule has 2 nitrogen and oxygen atoms in total. The molecule has 14 heavy (non-hydrogen) atoms. The van der Waals surface area contributed by atoms with Crippen LogP contribution in [0.15, 0.2) is 24.5 Å². The lowest BCUT2D eigenvalue weighted by Crippen LogP contribution is -1.82. The smallest absolute Gasteiger partial charge is 0.0851 e. The van der Waals surface area contributed by atoms with E-state index in [0.717, 1.165) is 24.8 Å². The van der Waals surface area contributed by atoms with Gasteiger partial charge < -0.3 is 10.2 Å². The highest BCUT2D eigenvalue weighted by Gasteiger charge is 1.86. The molecule has 0 aromatic rings. The second-order valence-corrected chi connectivity index (χ2v) is 3.29. The van der Waals surface area contributed by atoms with Gasteiger partial charge in [-0.25, -0.2) is 0 Å². The number of hydrogen-bond donors (Lipinski definition) is 2. The van der Waals surface area contributed by atoms with Gasteiger partial charge in [-0.3, -0.25) is 0 Å². The molecular formula is C12H24O2. The molecule has 0 bridgehead atoms. The van der Waals surface area contributed by atoms with E-state index in [1.807, 2.05) is 6.92 Å². The molecule has 0 aliphatic heterocycles. The lowest BCUT2D eigenvalue weighted by molar-refractivity contribution is 0.328. The van der Waals surface area contributed by atoms with Gasteiger partial charge in [0.15, 0.2) is 0 Å². The van der Waals surface area contributed by atoms with Crippen LogP contribution in [0.3, 0.4) is 0 Å². The Bertz CT molecular complexity index is 144. The SMILES string of the molecule is C=C(CC)CO.C=C(O)CCCCC. The molecule has 0 saturated carbocycles. The molecule has 0 aliphatic carbocycles. The molecule has 0 heterocycles. The fourth-order valence-electron chi connectivity index (χ4n) is 0.691. The van der Waals surface area contributed by atoms with Crippen LogP contribution < -0.4 is 0 Å². The largest absolute Gasteiger partial charge is 0.513 e. The van der Waals surface area contributed by atoms with Crippen LogP contribution in [-0.4, -0.2) is 16.8 Å². The molecular weight excluding hydrogens is 176 g/mol. The number of allylic oxidation sites excluding steroid dienone is 1. The van der Waals surface area contributed by atoms with Crippen LogP contribution in [0.25, 0.3) is 0 Å². The van der Waals surface area contributed by atoms with Crippen LogP contribution in [0, 0.1) is 0 Å². The van der Waals surface area contributed by atoms with Crippen molar-refractivity contribution >= 4 is 0 Å². The maximum absolute atomic E-state index is 8.58. The van der Waals surface area contributed by atoms with E-state index in [-0.39, 0.29) is 6.61 Å². The minimum atomic E-state index is 0.135. The summed E-state index contributed by atoms with van der Waals surface area (Å²) in [4.78, 5) is 0. The number of hydrogen-bond acceptors (Lipinski definition) is 2. The van der Waals surface area contributed by atoms with Crippen molar-refractivity contribution in [3.05, 3.63) is 24.5 Å². The Kier molecular flexibility index (Phi) is 13.7. The Hall–Kier alpha value is -0.760. The van der Waals surface area contributed by atoms with E-state index >= 15 is 0 Å². The molecule has 0 unspecified atom stereocenters. The highest BCUT2D eigenvalue weighted by molar-refractivity contribution is 4.90. The standard InChI is InChI=1S/C7H14O.C5H10O/c1-3-4-5-6-7(2)8;1-3-5(2)4-6/h8H,2-6H2,1H3;6H,2-4H2,1H3. The Morgan fingerprint density at radius 2 is 1.71 bits per heavy atom. The van der Waals surface area contributed by atoms with E-state index in [1.54, 1.807) is 0 Å². The zero-order valence-electron chi connectivity index (χ0n) is 9.55. The summed E-state index contributed by atoms with van der Waals surface area (Å²) in [6.45, 7) is 11.2. The van der Waals surface area contributed by atoms with Crippen LogP contribution in [-0.2, 0) is 0 Å². The van der Waals surface area contributed by atoms with Crippen molar-refractivity contribution in [3.8, 4) is 0 Å². The Morgan fingerprint density at radius 1 is 1.14 bits per heavy atom. The molecule has 0 radical (unpaired) electrons. The maximum Gasteiger partial charge on any atom is 0.0851 e. The molecule has 0 atom stereocenters. The highest BCUT2D eigenvalue weighted by atomic mass is 16.3. The number of aliphatic hydroxyl groups excluding tert-OH is 2. The average Bonchev–Trinajstić information content (AvgIpc) is 2.17. The number of aliphatic hydroxyl groups is 2. The van der Waals surface area contributed by atoms with Crippen molar-refractivity contribution in [2.75, 3.05) is 6.61 Å². The molecule has 0 rings (SSSR count). The lowest BCUT2D eigenvalue weighted by atomic mass is 10.2. The van der Waals surface area contributed by atoms with Crippen LogP contribution >= 0.6 is 0 Å². The van der Waals surface area contributed by atoms with Gasteiger partial charge >= 0.3 is 0 Å². The van der Waals surface area contributed by atoms with Gasteiger partial charge in [0, 0.05) is 6.42 Å². The first-order valence-corrected chi connectivity index (χ1v) is 5.22. The van der Waals surface area contributed by atoms with Gasteiger partial charge in [0.2, 0.25) is 0 Å². The fourth-order valence-corrected chi connectivity index (χ4v) is 0.691. The van der Waals surface area contributed by atoms with Crippen LogP contribution in [0.4, 0.5) is 0 Å². The zero-order chi connectivity index (χ0) is 11.4. The fraction of sp³-hybridized carbons (Fsp3) is 0.667. The van der Waals surface area contributed by atoms with E-state index in [4.69, 9.17) is 10.2 Å². The third-order valence-electron chi connectivity index (χ3n) is 1.79. The van der Waals surface area contributed by atoms with Crippen LogP contribution in [0.5, 0.6) is 0 Å². The first kappa shape index (κ1) is 15.7. The molecule has 0 aliphatic rings. The average molecular weight is 200 g/mol. The summed E-state index contributed by atoms with van der Waals surface area (Å²) in [5, 5.41) is 16.8. The maximum atomic E-state index is 8.58. The molecule has 0 spiro atoms. The van der Waals surface area contributed by atoms with E-state index in [1.165, 1.54) is 12.8 Å². The van der Waals surface area contributed by atoms with Crippen molar-refractivity contribution in [1.29, 1.82) is 0 Å². The van der Waals surface area contributed by atoms with Gasteiger partial charge in [-0.2, -0.15) is 0 Å². The van der Waals surface area contributed by atoms with E-state index in [0.29, 0.717) is 5.76 Å². The van der Waals surface area contributed by atoms with Crippen molar-refractivity contribution in [2.24, 2.45) is 0 Å². The van der Waals surface area contributed by atoms with Crippen molar-refractivity contribution < 1.29 is 10.2 Å². The van der Waals surface area contributed by atoms with E-state index in [2.05, 4.69) is 20.1 Å². The Labute approximate surface area is 88.0 Å². The monoisotopic (exact) mass is 200 g/mol. The molecule has 0 saturated heterocycles. The normalized spacial score (nSPS) is 8.79. The van der Waals surface area contributed by atoms with E-state index in [9.17, 15) is 0 Å². The van der Waals surface area contributed by atoms with Crippen LogP contribution in [0.1, 0.15) is 46.0 Å². The third kappa shape index (κ3) is 17.4. The van der Waals surface area contributed by atoms with Gasteiger partial charge in [0.05, 0.1) is 12.4 Å². The second-order valence-electron chi connectivity index (χ2n) is 3.29. The van der Waals surface area contributed by atoms with Gasteiger partial charge in [0.1, 0.15) is 0 Å². The molecule has 0 amide bonds. The summed E-state index contributed by atoms with van der Waals surface area (Å²) >= 11 is 0. The summed E-state index contributed by atoms with van der Waals surface area (Å²) in [7, 11) is 0. The second kappa shape index (κ2) is 12.2. The Morgan fingerprint density at radius 3 is 1.93 bits per heavy atom. The third-order valence-corrected chi connectivity index (χ3v) is 1.79. The quantitative estimate of drug-likeness (QED) is 0.391. The highest BCUT2D eigenvalue weighted by Crippen LogP contribution is 2.02.